The van der Waals surface area contributed by atoms with Crippen molar-refractivity contribution < 1.29 is 35.9 Å². The van der Waals surface area contributed by atoms with E-state index in [2.05, 4.69) is 0 Å². The third-order valence-electron chi connectivity index (χ3n) is 3.41. The zero-order valence-corrected chi connectivity index (χ0v) is 11.3. The minimum absolute atomic E-state index is 0.156. The Morgan fingerprint density at radius 1 is 1.10 bits per heavy atom. The topological polar surface area (TPSA) is 41.6 Å². The molecule has 0 unspecified atom stereocenters. The second-order valence-electron chi connectivity index (χ2n) is 4.83. The van der Waals surface area contributed by atoms with E-state index < -0.39 is 23.7 Å². The maximum Gasteiger partial charge on any atom is 0.411 e. The van der Waals surface area contributed by atoms with Gasteiger partial charge in [-0.15, -0.1) is 0 Å². The van der Waals surface area contributed by atoms with Gasteiger partial charge in [0.15, 0.2) is 0 Å². The van der Waals surface area contributed by atoms with Gasteiger partial charge in [0.1, 0.15) is 0 Å². The summed E-state index contributed by atoms with van der Waals surface area (Å²) < 4.78 is 80.8. The number of carbonyl (C=O) groups excluding carboxylic acids is 1. The third kappa shape index (κ3) is 4.00. The van der Waals surface area contributed by atoms with Crippen LogP contribution in [-0.4, -0.2) is 62.6 Å². The van der Waals surface area contributed by atoms with Gasteiger partial charge in [0, 0.05) is 26.2 Å². The second kappa shape index (κ2) is 6.39. The molecule has 0 bridgehead atoms. The largest absolute Gasteiger partial charge is 0.411 e. The minimum Gasteiger partial charge on any atom is -0.379 e. The highest BCUT2D eigenvalue weighted by molar-refractivity contribution is 5.84. The highest BCUT2D eigenvalue weighted by Gasteiger charge is 2.72. The molecule has 0 saturated carbocycles. The molecule has 1 saturated heterocycles. The number of ether oxygens (including phenoxy) is 1. The molecule has 1 amide bonds. The van der Waals surface area contributed by atoms with Crippen LogP contribution in [0.2, 0.25) is 0 Å². The Kier molecular flexibility index (Phi) is 5.48. The van der Waals surface area contributed by atoms with Crippen molar-refractivity contribution >= 4 is 5.91 Å². The van der Waals surface area contributed by atoms with E-state index in [4.69, 9.17) is 4.74 Å². The van der Waals surface area contributed by atoms with Gasteiger partial charge in [0.25, 0.3) is 0 Å². The van der Waals surface area contributed by atoms with Crippen molar-refractivity contribution in [3.05, 3.63) is 0 Å². The molecule has 1 N–H and O–H groups in total. The van der Waals surface area contributed by atoms with E-state index >= 15 is 0 Å². The van der Waals surface area contributed by atoms with Crippen LogP contribution in [-0.2, 0) is 9.53 Å². The lowest BCUT2D eigenvalue weighted by Gasteiger charge is -2.33. The summed E-state index contributed by atoms with van der Waals surface area (Å²) in [6.45, 7) is 1.64. The van der Waals surface area contributed by atoms with Crippen LogP contribution in [0.1, 0.15) is 6.92 Å². The molecule has 0 aliphatic carbocycles. The number of nitrogens with zero attached hydrogens (tertiary/aromatic N) is 1. The molecule has 1 rings (SSSR count). The van der Waals surface area contributed by atoms with Gasteiger partial charge in [-0.25, -0.2) is 0 Å². The highest BCUT2D eigenvalue weighted by Crippen LogP contribution is 2.50. The van der Waals surface area contributed by atoms with E-state index in [1.54, 1.807) is 10.2 Å². The van der Waals surface area contributed by atoms with E-state index in [0.717, 1.165) is 0 Å². The van der Waals surface area contributed by atoms with Crippen molar-refractivity contribution in [1.29, 1.82) is 0 Å². The molecule has 1 aliphatic rings. The molecule has 0 radical (unpaired) electrons. The van der Waals surface area contributed by atoms with E-state index in [-0.39, 0.29) is 20.0 Å². The van der Waals surface area contributed by atoms with Gasteiger partial charge in [0.2, 0.25) is 11.3 Å². The molecule has 4 nitrogen and oxygen atoms in total. The fourth-order valence-electron chi connectivity index (χ4n) is 1.75. The number of nitrogens with one attached hydrogen (secondary N) is 1. The summed E-state index contributed by atoms with van der Waals surface area (Å²) in [5.41, 5.74) is -4.41. The monoisotopic (exact) mass is 322 g/mol. The Labute approximate surface area is 117 Å². The first-order valence-electron chi connectivity index (χ1n) is 6.22. The molecule has 0 aromatic heterocycles. The lowest BCUT2D eigenvalue weighted by molar-refractivity contribution is -0.319. The number of morpholine rings is 1. The van der Waals surface area contributed by atoms with Crippen molar-refractivity contribution in [2.45, 2.75) is 19.3 Å². The minimum atomic E-state index is -5.71. The molecule has 1 heterocycles. The summed E-state index contributed by atoms with van der Waals surface area (Å²) in [6, 6.07) is 0. The van der Waals surface area contributed by atoms with Crippen LogP contribution in [0, 0.1) is 5.41 Å². The Balaban J connectivity index is 2.62. The highest BCUT2D eigenvalue weighted by atomic mass is 19.4. The molecule has 124 valence electrons. The van der Waals surface area contributed by atoms with E-state index in [1.807, 2.05) is 0 Å². The summed E-state index contributed by atoms with van der Waals surface area (Å²) in [6.07, 6.45) is -11.4. The summed E-state index contributed by atoms with van der Waals surface area (Å²) >= 11 is 0. The molecule has 0 aromatic rings. The molecular weight excluding hydrogens is 306 g/mol. The number of alkyl halides is 6. The van der Waals surface area contributed by atoms with Crippen molar-refractivity contribution in [3.8, 4) is 0 Å². The number of halogens is 6. The Morgan fingerprint density at radius 2 is 1.57 bits per heavy atom. The zero-order chi connectivity index (χ0) is 16.3. The van der Waals surface area contributed by atoms with Crippen LogP contribution >= 0.6 is 0 Å². The van der Waals surface area contributed by atoms with Gasteiger partial charge in [-0.3, -0.25) is 9.69 Å². The van der Waals surface area contributed by atoms with Crippen molar-refractivity contribution in [3.63, 3.8) is 0 Å². The molecular formula is C11H16F6N2O2. The average molecular weight is 322 g/mol. The van der Waals surface area contributed by atoms with Crippen molar-refractivity contribution in [2.75, 3.05) is 39.4 Å². The van der Waals surface area contributed by atoms with Gasteiger partial charge in [0.05, 0.1) is 13.2 Å². The fraction of sp³-hybridized carbons (Fsp3) is 0.909. The zero-order valence-electron chi connectivity index (χ0n) is 11.3. The van der Waals surface area contributed by atoms with Crippen molar-refractivity contribution in [2.24, 2.45) is 5.41 Å². The Bertz CT molecular complexity index is 349. The summed E-state index contributed by atoms with van der Waals surface area (Å²) in [7, 11) is 0. The quantitative estimate of drug-likeness (QED) is 0.799. The molecule has 0 aromatic carbocycles. The maximum absolute atomic E-state index is 12.6. The van der Waals surface area contributed by atoms with Crippen LogP contribution < -0.4 is 5.32 Å². The van der Waals surface area contributed by atoms with Crippen LogP contribution in [0.3, 0.4) is 0 Å². The van der Waals surface area contributed by atoms with Gasteiger partial charge in [-0.2, -0.15) is 26.3 Å². The Morgan fingerprint density at radius 3 is 2.00 bits per heavy atom. The number of rotatable bonds is 4. The number of hydrogen-bond acceptors (Lipinski definition) is 3. The summed E-state index contributed by atoms with van der Waals surface area (Å²) in [5, 5.41) is 1.72. The van der Waals surface area contributed by atoms with Crippen molar-refractivity contribution in [1.82, 2.24) is 10.2 Å². The molecule has 21 heavy (non-hydrogen) atoms. The fourth-order valence-corrected chi connectivity index (χ4v) is 1.75. The van der Waals surface area contributed by atoms with E-state index in [1.165, 1.54) is 0 Å². The number of carbonyl (C=O) groups is 1. The van der Waals surface area contributed by atoms with E-state index in [0.29, 0.717) is 26.3 Å². The van der Waals surface area contributed by atoms with E-state index in [9.17, 15) is 31.1 Å². The smallest absolute Gasteiger partial charge is 0.379 e. The lowest BCUT2D eigenvalue weighted by atomic mass is 9.87. The first kappa shape index (κ1) is 18.0. The van der Waals surface area contributed by atoms with Gasteiger partial charge in [-0.05, 0) is 6.92 Å². The molecule has 10 heteroatoms. The SMILES string of the molecule is CC(C(=O)NCCN1CCOCC1)(C(F)(F)F)C(F)(F)F. The number of amides is 1. The van der Waals surface area contributed by atoms with Crippen LogP contribution in [0.5, 0.6) is 0 Å². The molecule has 1 fully saturated rings. The lowest BCUT2D eigenvalue weighted by Crippen LogP contribution is -2.58. The van der Waals surface area contributed by atoms with Gasteiger partial charge < -0.3 is 10.1 Å². The van der Waals surface area contributed by atoms with Crippen LogP contribution in [0.15, 0.2) is 0 Å². The van der Waals surface area contributed by atoms with Crippen LogP contribution in [0.25, 0.3) is 0 Å². The van der Waals surface area contributed by atoms with Gasteiger partial charge >= 0.3 is 12.4 Å². The Hall–Kier alpha value is -1.03. The second-order valence-corrected chi connectivity index (χ2v) is 4.83. The third-order valence-corrected chi connectivity index (χ3v) is 3.41. The normalized spacial score (nSPS) is 18.6. The summed E-state index contributed by atoms with van der Waals surface area (Å²) in [4.78, 5) is 13.2. The standard InChI is InChI=1S/C11H16F6N2O2/c1-9(10(12,13)14,11(15,16)17)8(20)18-2-3-19-4-6-21-7-5-19/h2-7H2,1H3,(H,18,20). The number of hydrogen-bond donors (Lipinski definition) is 1. The molecule has 0 spiro atoms. The first-order valence-corrected chi connectivity index (χ1v) is 6.22. The maximum atomic E-state index is 12.6. The predicted octanol–water partition coefficient (Wildman–Crippen LogP) is 1.57. The molecule has 1 aliphatic heterocycles. The first-order chi connectivity index (χ1) is 9.50. The predicted molar refractivity (Wildman–Crippen MR) is 60.5 cm³/mol. The molecule has 0 atom stereocenters. The average Bonchev–Trinajstić information content (AvgIpc) is 2.36. The van der Waals surface area contributed by atoms with Crippen LogP contribution in [0.4, 0.5) is 26.3 Å². The summed E-state index contributed by atoms with van der Waals surface area (Å²) in [5.74, 6) is -2.09. The van der Waals surface area contributed by atoms with Gasteiger partial charge in [-0.1, -0.05) is 0 Å².